The van der Waals surface area contributed by atoms with Crippen LogP contribution in [0.4, 0.5) is 5.82 Å². The molecule has 0 spiro atoms. The third-order valence-electron chi connectivity index (χ3n) is 2.31. The van der Waals surface area contributed by atoms with Gasteiger partial charge in [-0.05, 0) is 12.1 Å². The fourth-order valence-electron chi connectivity index (χ4n) is 1.58. The van der Waals surface area contributed by atoms with Gasteiger partial charge in [-0.25, -0.2) is 9.78 Å². The molecule has 1 N–H and O–H groups in total. The van der Waals surface area contributed by atoms with E-state index in [-0.39, 0.29) is 23.4 Å². The Kier molecular flexibility index (Phi) is 2.78. The van der Waals surface area contributed by atoms with E-state index in [1.807, 2.05) is 0 Å². The summed E-state index contributed by atoms with van der Waals surface area (Å²) in [5.74, 6) is -0.904. The first-order valence-corrected chi connectivity index (χ1v) is 5.16. The highest BCUT2D eigenvalue weighted by Crippen LogP contribution is 2.22. The average Bonchev–Trinajstić information content (AvgIpc) is 2.58. The van der Waals surface area contributed by atoms with Crippen LogP contribution in [0.1, 0.15) is 16.9 Å². The van der Waals surface area contributed by atoms with Gasteiger partial charge in [-0.1, -0.05) is 6.07 Å². The van der Waals surface area contributed by atoms with Crippen molar-refractivity contribution in [1.82, 2.24) is 4.98 Å². The Morgan fingerprint density at radius 1 is 1.56 bits per heavy atom. The number of carbonyl (C=O) groups excluding carboxylic acids is 1. The van der Waals surface area contributed by atoms with Crippen LogP contribution in [-0.4, -0.2) is 33.9 Å². The number of alkyl halides is 1. The van der Waals surface area contributed by atoms with E-state index in [1.54, 1.807) is 12.1 Å². The zero-order valence-corrected chi connectivity index (χ0v) is 9.02. The molecule has 5 nitrogen and oxygen atoms in total. The van der Waals surface area contributed by atoms with Crippen molar-refractivity contribution in [3.63, 3.8) is 0 Å². The first-order chi connectivity index (χ1) is 7.58. The molecule has 1 aliphatic heterocycles. The molecule has 16 heavy (non-hydrogen) atoms. The minimum atomic E-state index is -1.11. The van der Waals surface area contributed by atoms with Gasteiger partial charge in [-0.3, -0.25) is 9.69 Å². The van der Waals surface area contributed by atoms with Crippen LogP contribution in [0.3, 0.4) is 0 Å². The Bertz CT molecular complexity index is 449. The van der Waals surface area contributed by atoms with Crippen molar-refractivity contribution in [3.05, 3.63) is 23.9 Å². The summed E-state index contributed by atoms with van der Waals surface area (Å²) in [6.07, 6.45) is 0.264. The third-order valence-corrected chi connectivity index (χ3v) is 2.60. The average molecular weight is 241 g/mol. The minimum Gasteiger partial charge on any atom is -0.477 e. The van der Waals surface area contributed by atoms with E-state index in [9.17, 15) is 9.59 Å². The number of rotatable bonds is 2. The van der Waals surface area contributed by atoms with E-state index in [0.29, 0.717) is 12.4 Å². The molecular formula is C10H9ClN2O3. The fourth-order valence-corrected chi connectivity index (χ4v) is 1.85. The number of halogens is 1. The minimum absolute atomic E-state index is 0.0803. The van der Waals surface area contributed by atoms with E-state index < -0.39 is 5.97 Å². The van der Waals surface area contributed by atoms with E-state index >= 15 is 0 Å². The van der Waals surface area contributed by atoms with Crippen molar-refractivity contribution in [1.29, 1.82) is 0 Å². The summed E-state index contributed by atoms with van der Waals surface area (Å²) in [4.78, 5) is 27.5. The molecule has 1 atom stereocenters. The molecule has 1 aromatic rings. The first-order valence-electron chi connectivity index (χ1n) is 4.72. The lowest BCUT2D eigenvalue weighted by atomic mass is 10.3. The standard InChI is InChI=1S/C10H9ClN2O3/c11-6-4-9(14)13(5-6)8-3-1-2-7(12-8)10(15)16/h1-3,6H,4-5H2,(H,15,16). The van der Waals surface area contributed by atoms with Crippen LogP contribution >= 0.6 is 11.6 Å². The normalized spacial score (nSPS) is 20.2. The molecule has 1 unspecified atom stereocenters. The summed E-state index contributed by atoms with van der Waals surface area (Å²) < 4.78 is 0. The maximum atomic E-state index is 11.5. The number of pyridine rings is 1. The highest BCUT2D eigenvalue weighted by atomic mass is 35.5. The second-order valence-corrected chi connectivity index (χ2v) is 4.11. The van der Waals surface area contributed by atoms with Crippen LogP contribution in [0.2, 0.25) is 0 Å². The molecule has 1 amide bonds. The lowest BCUT2D eigenvalue weighted by Gasteiger charge is -2.14. The van der Waals surface area contributed by atoms with E-state index in [0.717, 1.165) is 0 Å². The van der Waals surface area contributed by atoms with Gasteiger partial charge in [0.05, 0.1) is 5.38 Å². The number of anilines is 1. The molecule has 2 rings (SSSR count). The predicted octanol–water partition coefficient (Wildman–Crippen LogP) is 1.12. The van der Waals surface area contributed by atoms with Crippen LogP contribution in [0, 0.1) is 0 Å². The quantitative estimate of drug-likeness (QED) is 0.787. The topological polar surface area (TPSA) is 70.5 Å². The second-order valence-electron chi connectivity index (χ2n) is 3.49. The molecule has 0 aromatic carbocycles. The molecule has 0 radical (unpaired) electrons. The Morgan fingerprint density at radius 2 is 2.31 bits per heavy atom. The van der Waals surface area contributed by atoms with Gasteiger partial charge in [0.2, 0.25) is 5.91 Å². The number of carboxylic acids is 1. The molecule has 2 heterocycles. The Morgan fingerprint density at radius 3 is 2.88 bits per heavy atom. The Hall–Kier alpha value is -1.62. The molecule has 1 aliphatic rings. The van der Waals surface area contributed by atoms with E-state index in [1.165, 1.54) is 11.0 Å². The van der Waals surface area contributed by atoms with Crippen LogP contribution in [0.5, 0.6) is 0 Å². The fraction of sp³-hybridized carbons (Fsp3) is 0.300. The maximum absolute atomic E-state index is 11.5. The third kappa shape index (κ3) is 1.99. The molecule has 1 saturated heterocycles. The van der Waals surface area contributed by atoms with Gasteiger partial charge in [0.25, 0.3) is 0 Å². The smallest absolute Gasteiger partial charge is 0.354 e. The van der Waals surface area contributed by atoms with Crippen molar-refractivity contribution in [2.75, 3.05) is 11.4 Å². The van der Waals surface area contributed by atoms with Crippen molar-refractivity contribution in [2.24, 2.45) is 0 Å². The molecule has 0 bridgehead atoms. The molecular weight excluding hydrogens is 232 g/mol. The molecule has 1 aromatic heterocycles. The van der Waals surface area contributed by atoms with Crippen LogP contribution in [-0.2, 0) is 4.79 Å². The number of hydrogen-bond donors (Lipinski definition) is 1. The lowest BCUT2D eigenvalue weighted by Crippen LogP contribution is -2.26. The molecule has 6 heteroatoms. The number of aromatic carboxylic acids is 1. The zero-order valence-electron chi connectivity index (χ0n) is 8.26. The molecule has 1 fully saturated rings. The van der Waals surface area contributed by atoms with Gasteiger partial charge >= 0.3 is 5.97 Å². The van der Waals surface area contributed by atoms with Crippen molar-refractivity contribution in [3.8, 4) is 0 Å². The van der Waals surface area contributed by atoms with Gasteiger partial charge in [0.1, 0.15) is 5.82 Å². The first kappa shape index (κ1) is 10.9. The highest BCUT2D eigenvalue weighted by Gasteiger charge is 2.30. The van der Waals surface area contributed by atoms with Crippen LogP contribution in [0.25, 0.3) is 0 Å². The summed E-state index contributed by atoms with van der Waals surface area (Å²) in [7, 11) is 0. The maximum Gasteiger partial charge on any atom is 0.354 e. The summed E-state index contributed by atoms with van der Waals surface area (Å²) in [6.45, 7) is 0.371. The van der Waals surface area contributed by atoms with E-state index in [2.05, 4.69) is 4.98 Å². The number of nitrogens with zero attached hydrogens (tertiary/aromatic N) is 2. The number of hydrogen-bond acceptors (Lipinski definition) is 3. The number of aromatic nitrogens is 1. The van der Waals surface area contributed by atoms with Crippen molar-refractivity contribution >= 4 is 29.3 Å². The summed E-state index contributed by atoms with van der Waals surface area (Å²) in [5, 5.41) is 8.54. The van der Waals surface area contributed by atoms with Gasteiger partial charge in [-0.15, -0.1) is 11.6 Å². The number of carbonyl (C=O) groups is 2. The molecule has 84 valence electrons. The van der Waals surface area contributed by atoms with Crippen LogP contribution < -0.4 is 4.90 Å². The van der Waals surface area contributed by atoms with Crippen molar-refractivity contribution < 1.29 is 14.7 Å². The van der Waals surface area contributed by atoms with Crippen molar-refractivity contribution in [2.45, 2.75) is 11.8 Å². The van der Waals surface area contributed by atoms with E-state index in [4.69, 9.17) is 16.7 Å². The van der Waals surface area contributed by atoms with Crippen LogP contribution in [0.15, 0.2) is 18.2 Å². The summed E-state index contributed by atoms with van der Waals surface area (Å²) in [6, 6.07) is 4.53. The SMILES string of the molecule is O=C(O)c1cccc(N2CC(Cl)CC2=O)n1. The van der Waals surface area contributed by atoms with Gasteiger partial charge in [0.15, 0.2) is 5.69 Å². The Labute approximate surface area is 96.7 Å². The highest BCUT2D eigenvalue weighted by molar-refractivity contribution is 6.24. The summed E-state index contributed by atoms with van der Waals surface area (Å²) in [5.41, 5.74) is -0.0803. The number of carboxylic acid groups (broad SMARTS) is 1. The van der Waals surface area contributed by atoms with Gasteiger partial charge < -0.3 is 5.11 Å². The molecule has 0 saturated carbocycles. The van der Waals surface area contributed by atoms with Gasteiger partial charge in [-0.2, -0.15) is 0 Å². The number of amides is 1. The largest absolute Gasteiger partial charge is 0.477 e. The second kappa shape index (κ2) is 4.09. The lowest BCUT2D eigenvalue weighted by molar-refractivity contribution is -0.117. The monoisotopic (exact) mass is 240 g/mol. The molecule has 0 aliphatic carbocycles. The zero-order chi connectivity index (χ0) is 11.7. The predicted molar refractivity (Wildman–Crippen MR) is 57.8 cm³/mol. The van der Waals surface area contributed by atoms with Gasteiger partial charge in [0, 0.05) is 13.0 Å². The Balaban J connectivity index is 2.30. The summed E-state index contributed by atoms with van der Waals surface area (Å²) >= 11 is 5.85.